The van der Waals surface area contributed by atoms with Crippen LogP contribution in [0.15, 0.2) is 0 Å². The van der Waals surface area contributed by atoms with Crippen LogP contribution in [0.4, 0.5) is 0 Å². The van der Waals surface area contributed by atoms with Gasteiger partial charge in [-0.25, -0.2) is 0 Å². The first kappa shape index (κ1) is 16.1. The Bertz CT molecular complexity index is 331. The molecule has 0 bridgehead atoms. The molecule has 3 atom stereocenters. The van der Waals surface area contributed by atoms with Crippen molar-refractivity contribution in [2.24, 2.45) is 0 Å². The van der Waals surface area contributed by atoms with Gasteiger partial charge in [-0.1, -0.05) is 0 Å². The van der Waals surface area contributed by atoms with E-state index < -0.39 is 11.5 Å². The topological polar surface area (TPSA) is 58.6 Å². The van der Waals surface area contributed by atoms with Crippen LogP contribution < -0.4 is 5.32 Å². The monoisotopic (exact) mass is 301 g/mol. The highest BCUT2D eigenvalue weighted by atomic mass is 32.2. The Morgan fingerprint density at radius 1 is 1.45 bits per heavy atom. The molecule has 0 radical (unpaired) electrons. The number of hydrogen-bond donors (Lipinski definition) is 2. The summed E-state index contributed by atoms with van der Waals surface area (Å²) in [5.41, 5.74) is -0.722. The average molecular weight is 301 g/mol. The molecule has 0 spiro atoms. The second-order valence-corrected chi connectivity index (χ2v) is 7.71. The maximum absolute atomic E-state index is 11.7. The molecule has 116 valence electrons. The standard InChI is InChI=1S/C15H27NO3S/c1-11(2)16-15(14(17)18)7-3-6-13(9-15)20-10-12-5-4-8-19-12/h11-13,16H,3-10H2,1-2H3,(H,17,18). The summed E-state index contributed by atoms with van der Waals surface area (Å²) in [6.07, 6.45) is 6.33. The summed E-state index contributed by atoms with van der Waals surface area (Å²) < 4.78 is 5.66. The van der Waals surface area contributed by atoms with E-state index in [-0.39, 0.29) is 6.04 Å². The lowest BCUT2D eigenvalue weighted by Gasteiger charge is -2.39. The normalized spacial score (nSPS) is 34.5. The zero-order valence-electron chi connectivity index (χ0n) is 12.6. The molecule has 1 aliphatic carbocycles. The molecular formula is C15H27NO3S. The lowest BCUT2D eigenvalue weighted by atomic mass is 9.81. The molecule has 20 heavy (non-hydrogen) atoms. The van der Waals surface area contributed by atoms with Crippen molar-refractivity contribution in [2.45, 2.75) is 75.3 Å². The third-order valence-electron chi connectivity index (χ3n) is 4.22. The number of rotatable bonds is 6. The predicted molar refractivity (Wildman–Crippen MR) is 82.3 cm³/mol. The van der Waals surface area contributed by atoms with Gasteiger partial charge in [-0.2, -0.15) is 11.8 Å². The van der Waals surface area contributed by atoms with Gasteiger partial charge >= 0.3 is 5.97 Å². The molecule has 5 heteroatoms. The van der Waals surface area contributed by atoms with Crippen molar-refractivity contribution < 1.29 is 14.6 Å². The third-order valence-corrected chi connectivity index (χ3v) is 5.66. The zero-order chi connectivity index (χ0) is 14.6. The number of carboxylic acid groups (broad SMARTS) is 1. The van der Waals surface area contributed by atoms with Crippen LogP contribution in [0.3, 0.4) is 0 Å². The van der Waals surface area contributed by atoms with Crippen molar-refractivity contribution >= 4 is 17.7 Å². The minimum absolute atomic E-state index is 0.202. The van der Waals surface area contributed by atoms with E-state index in [4.69, 9.17) is 4.74 Å². The number of nitrogens with one attached hydrogen (secondary N) is 1. The Labute approximate surface area is 126 Å². The van der Waals surface area contributed by atoms with Gasteiger partial charge in [-0.15, -0.1) is 0 Å². The molecular weight excluding hydrogens is 274 g/mol. The Morgan fingerprint density at radius 2 is 2.25 bits per heavy atom. The highest BCUT2D eigenvalue weighted by Gasteiger charge is 2.43. The molecule has 0 aromatic heterocycles. The molecule has 1 saturated heterocycles. The number of ether oxygens (including phenoxy) is 1. The molecule has 0 aromatic carbocycles. The summed E-state index contributed by atoms with van der Waals surface area (Å²) in [5, 5.41) is 13.4. The summed E-state index contributed by atoms with van der Waals surface area (Å²) in [7, 11) is 0. The molecule has 3 unspecified atom stereocenters. The Hall–Kier alpha value is -0.260. The smallest absolute Gasteiger partial charge is 0.323 e. The van der Waals surface area contributed by atoms with Crippen LogP contribution in [0.1, 0.15) is 52.4 Å². The van der Waals surface area contributed by atoms with Crippen molar-refractivity contribution in [1.29, 1.82) is 0 Å². The molecule has 4 nitrogen and oxygen atoms in total. The quantitative estimate of drug-likeness (QED) is 0.790. The van der Waals surface area contributed by atoms with E-state index in [0.717, 1.165) is 44.5 Å². The number of carboxylic acids is 1. The van der Waals surface area contributed by atoms with Crippen molar-refractivity contribution in [2.75, 3.05) is 12.4 Å². The molecule has 2 fully saturated rings. The van der Waals surface area contributed by atoms with Crippen LogP contribution in [-0.2, 0) is 9.53 Å². The summed E-state index contributed by atoms with van der Waals surface area (Å²) in [4.78, 5) is 11.7. The van der Waals surface area contributed by atoms with Gasteiger partial charge in [-0.3, -0.25) is 10.1 Å². The molecule has 1 saturated carbocycles. The van der Waals surface area contributed by atoms with Gasteiger partial charge in [-0.05, 0) is 52.4 Å². The summed E-state index contributed by atoms with van der Waals surface area (Å²) in [6, 6.07) is 0.202. The maximum atomic E-state index is 11.7. The molecule has 0 aromatic rings. The van der Waals surface area contributed by atoms with Crippen LogP contribution in [0.5, 0.6) is 0 Å². The highest BCUT2D eigenvalue weighted by Crippen LogP contribution is 2.36. The van der Waals surface area contributed by atoms with E-state index in [1.165, 1.54) is 6.42 Å². The Kier molecular flexibility index (Phi) is 5.75. The van der Waals surface area contributed by atoms with Crippen molar-refractivity contribution in [3.63, 3.8) is 0 Å². The van der Waals surface area contributed by atoms with Gasteiger partial charge in [0.2, 0.25) is 0 Å². The van der Waals surface area contributed by atoms with Crippen LogP contribution in [-0.4, -0.2) is 46.4 Å². The van der Waals surface area contributed by atoms with Gasteiger partial charge in [0.15, 0.2) is 0 Å². The van der Waals surface area contributed by atoms with E-state index in [9.17, 15) is 9.90 Å². The molecule has 2 aliphatic rings. The van der Waals surface area contributed by atoms with E-state index in [1.807, 2.05) is 25.6 Å². The first-order valence-electron chi connectivity index (χ1n) is 7.76. The molecule has 2 rings (SSSR count). The Balaban J connectivity index is 1.89. The second-order valence-electron chi connectivity index (χ2n) is 6.37. The van der Waals surface area contributed by atoms with Crippen LogP contribution in [0.2, 0.25) is 0 Å². The minimum Gasteiger partial charge on any atom is -0.480 e. The van der Waals surface area contributed by atoms with Gasteiger partial charge < -0.3 is 9.84 Å². The average Bonchev–Trinajstić information content (AvgIpc) is 2.89. The fourth-order valence-electron chi connectivity index (χ4n) is 3.33. The zero-order valence-corrected chi connectivity index (χ0v) is 13.4. The lowest BCUT2D eigenvalue weighted by molar-refractivity contribution is -0.146. The van der Waals surface area contributed by atoms with E-state index in [1.54, 1.807) is 0 Å². The lowest BCUT2D eigenvalue weighted by Crippen LogP contribution is -2.57. The van der Waals surface area contributed by atoms with Crippen LogP contribution in [0.25, 0.3) is 0 Å². The molecule has 1 heterocycles. The van der Waals surface area contributed by atoms with Crippen LogP contribution >= 0.6 is 11.8 Å². The van der Waals surface area contributed by atoms with E-state index in [2.05, 4.69) is 5.32 Å². The molecule has 2 N–H and O–H groups in total. The van der Waals surface area contributed by atoms with Crippen LogP contribution in [0, 0.1) is 0 Å². The first-order valence-corrected chi connectivity index (χ1v) is 8.81. The van der Waals surface area contributed by atoms with Crippen molar-refractivity contribution in [1.82, 2.24) is 5.32 Å². The summed E-state index contributed by atoms with van der Waals surface area (Å²) >= 11 is 1.91. The van der Waals surface area contributed by atoms with Gasteiger partial charge in [0.05, 0.1) is 6.10 Å². The predicted octanol–water partition coefficient (Wildman–Crippen LogP) is 2.66. The number of thioether (sulfide) groups is 1. The molecule has 0 amide bonds. The number of aliphatic carboxylic acids is 1. The van der Waals surface area contributed by atoms with Gasteiger partial charge in [0.1, 0.15) is 5.54 Å². The highest BCUT2D eigenvalue weighted by molar-refractivity contribution is 7.99. The Morgan fingerprint density at radius 3 is 2.85 bits per heavy atom. The maximum Gasteiger partial charge on any atom is 0.323 e. The van der Waals surface area contributed by atoms with Gasteiger partial charge in [0, 0.05) is 23.7 Å². The molecule has 1 aliphatic heterocycles. The first-order chi connectivity index (χ1) is 9.52. The van der Waals surface area contributed by atoms with E-state index >= 15 is 0 Å². The number of hydrogen-bond acceptors (Lipinski definition) is 4. The summed E-state index contributed by atoms with van der Waals surface area (Å²) in [6.45, 7) is 4.94. The fourth-order valence-corrected chi connectivity index (χ4v) is 4.81. The van der Waals surface area contributed by atoms with Crippen molar-refractivity contribution in [3.05, 3.63) is 0 Å². The summed E-state index contributed by atoms with van der Waals surface area (Å²) in [5.74, 6) is 0.329. The second kappa shape index (κ2) is 7.14. The fraction of sp³-hybridized carbons (Fsp3) is 0.933. The minimum atomic E-state index is -0.722. The third kappa shape index (κ3) is 4.12. The van der Waals surface area contributed by atoms with Gasteiger partial charge in [0.25, 0.3) is 0 Å². The number of carbonyl (C=O) groups is 1. The SMILES string of the molecule is CC(C)NC1(C(=O)O)CCCC(SCC2CCCO2)C1. The largest absolute Gasteiger partial charge is 0.480 e. The van der Waals surface area contributed by atoms with Crippen molar-refractivity contribution in [3.8, 4) is 0 Å². The van der Waals surface area contributed by atoms with E-state index in [0.29, 0.717) is 11.4 Å².